The third-order valence-electron chi connectivity index (χ3n) is 5.12. The minimum absolute atomic E-state index is 0.0936. The van der Waals surface area contributed by atoms with Gasteiger partial charge in [-0.25, -0.2) is 4.68 Å². The van der Waals surface area contributed by atoms with Gasteiger partial charge in [-0.1, -0.05) is 35.9 Å². The van der Waals surface area contributed by atoms with Gasteiger partial charge in [-0.15, -0.1) is 11.3 Å². The number of fused-ring (bicyclic) bond motifs is 1. The Morgan fingerprint density at radius 2 is 1.68 bits per heavy atom. The van der Waals surface area contributed by atoms with Crippen molar-refractivity contribution in [3.05, 3.63) is 75.8 Å². The van der Waals surface area contributed by atoms with Crippen LogP contribution in [0.4, 0.5) is 5.69 Å². The fourth-order valence-electron chi connectivity index (χ4n) is 3.71. The Hall–Kier alpha value is -3.45. The lowest BCUT2D eigenvalue weighted by Gasteiger charge is -2.13. The van der Waals surface area contributed by atoms with Crippen LogP contribution in [-0.4, -0.2) is 28.1 Å². The Bertz CT molecular complexity index is 1260. The molecular formula is C24H24N4O2S. The van der Waals surface area contributed by atoms with Crippen LogP contribution in [-0.2, 0) is 4.79 Å². The molecule has 31 heavy (non-hydrogen) atoms. The molecular weight excluding hydrogens is 408 g/mol. The highest BCUT2D eigenvalue weighted by atomic mass is 32.1. The molecule has 2 amide bonds. The second-order valence-electron chi connectivity index (χ2n) is 7.67. The SMILES string of the molecule is Cc1cc(C)c(NC(=O)CNC(=O)c2cc3c(C)nn(-c4ccccc4)c3s2)c(C)c1. The summed E-state index contributed by atoms with van der Waals surface area (Å²) in [4.78, 5) is 26.6. The van der Waals surface area contributed by atoms with Crippen molar-refractivity contribution in [3.63, 3.8) is 0 Å². The van der Waals surface area contributed by atoms with Crippen molar-refractivity contribution in [1.82, 2.24) is 15.1 Å². The zero-order valence-corrected chi connectivity index (χ0v) is 18.8. The molecule has 2 aromatic heterocycles. The van der Waals surface area contributed by atoms with Gasteiger partial charge in [-0.3, -0.25) is 9.59 Å². The molecule has 2 aromatic carbocycles. The summed E-state index contributed by atoms with van der Waals surface area (Å²) >= 11 is 1.37. The molecule has 6 nitrogen and oxygen atoms in total. The first-order valence-electron chi connectivity index (χ1n) is 10.0. The maximum Gasteiger partial charge on any atom is 0.261 e. The quantitative estimate of drug-likeness (QED) is 0.480. The van der Waals surface area contributed by atoms with E-state index in [9.17, 15) is 9.59 Å². The molecule has 4 aromatic rings. The summed E-state index contributed by atoms with van der Waals surface area (Å²) in [6, 6.07) is 15.7. The number of aryl methyl sites for hydroxylation is 4. The summed E-state index contributed by atoms with van der Waals surface area (Å²) in [5, 5.41) is 11.2. The van der Waals surface area contributed by atoms with Crippen LogP contribution in [0.5, 0.6) is 0 Å². The number of amides is 2. The number of thiophene rings is 1. The number of carbonyl (C=O) groups is 2. The normalized spacial score (nSPS) is 11.0. The molecule has 0 atom stereocenters. The molecule has 0 aliphatic heterocycles. The van der Waals surface area contributed by atoms with Gasteiger partial charge in [0.05, 0.1) is 22.8 Å². The number of hydrogen-bond donors (Lipinski definition) is 2. The van der Waals surface area contributed by atoms with Crippen LogP contribution in [0.25, 0.3) is 15.9 Å². The molecule has 0 aliphatic rings. The Morgan fingerprint density at radius 1 is 1.00 bits per heavy atom. The van der Waals surface area contributed by atoms with Crippen LogP contribution in [0, 0.1) is 27.7 Å². The van der Waals surface area contributed by atoms with Crippen LogP contribution in [0.15, 0.2) is 48.5 Å². The summed E-state index contributed by atoms with van der Waals surface area (Å²) in [5.74, 6) is -0.524. The number of nitrogens with zero attached hydrogens (tertiary/aromatic N) is 2. The minimum atomic E-state index is -0.271. The molecule has 4 rings (SSSR count). The first kappa shape index (κ1) is 20.8. The van der Waals surface area contributed by atoms with E-state index in [1.807, 2.05) is 80.9 Å². The molecule has 0 saturated heterocycles. The Labute approximate surface area is 184 Å². The van der Waals surface area contributed by atoms with Crippen molar-refractivity contribution in [1.29, 1.82) is 0 Å². The van der Waals surface area contributed by atoms with E-state index >= 15 is 0 Å². The van der Waals surface area contributed by atoms with Crippen molar-refractivity contribution < 1.29 is 9.59 Å². The van der Waals surface area contributed by atoms with Gasteiger partial charge in [-0.05, 0) is 57.0 Å². The van der Waals surface area contributed by atoms with Crippen molar-refractivity contribution in [2.24, 2.45) is 0 Å². The summed E-state index contributed by atoms with van der Waals surface area (Å²) in [6.45, 7) is 7.78. The van der Waals surface area contributed by atoms with E-state index in [1.165, 1.54) is 11.3 Å². The van der Waals surface area contributed by atoms with E-state index in [4.69, 9.17) is 0 Å². The van der Waals surface area contributed by atoms with Crippen LogP contribution < -0.4 is 10.6 Å². The number of benzene rings is 2. The molecule has 0 fully saturated rings. The van der Waals surface area contributed by atoms with E-state index in [2.05, 4.69) is 15.7 Å². The Balaban J connectivity index is 1.47. The van der Waals surface area contributed by atoms with Gasteiger partial charge in [0.15, 0.2) is 0 Å². The molecule has 2 heterocycles. The topological polar surface area (TPSA) is 76.0 Å². The third kappa shape index (κ3) is 4.22. The van der Waals surface area contributed by atoms with E-state index in [0.29, 0.717) is 4.88 Å². The van der Waals surface area contributed by atoms with E-state index < -0.39 is 0 Å². The number of nitrogens with one attached hydrogen (secondary N) is 2. The first-order chi connectivity index (χ1) is 14.8. The van der Waals surface area contributed by atoms with Crippen molar-refractivity contribution in [2.45, 2.75) is 27.7 Å². The predicted molar refractivity (Wildman–Crippen MR) is 125 cm³/mol. The minimum Gasteiger partial charge on any atom is -0.342 e. The fraction of sp³-hybridized carbons (Fsp3) is 0.208. The number of hydrogen-bond acceptors (Lipinski definition) is 4. The fourth-order valence-corrected chi connectivity index (χ4v) is 4.81. The third-order valence-corrected chi connectivity index (χ3v) is 6.23. The highest BCUT2D eigenvalue weighted by Gasteiger charge is 2.18. The molecule has 0 bridgehead atoms. The number of anilines is 1. The molecule has 0 unspecified atom stereocenters. The number of carbonyl (C=O) groups excluding carboxylic acids is 2. The average molecular weight is 433 g/mol. The van der Waals surface area contributed by atoms with Gasteiger partial charge in [0.2, 0.25) is 5.91 Å². The van der Waals surface area contributed by atoms with E-state index in [-0.39, 0.29) is 18.4 Å². The van der Waals surface area contributed by atoms with Crippen LogP contribution >= 0.6 is 11.3 Å². The maximum atomic E-state index is 12.7. The zero-order valence-electron chi connectivity index (χ0n) is 17.9. The Kier molecular flexibility index (Phi) is 5.61. The largest absolute Gasteiger partial charge is 0.342 e. The first-order valence-corrected chi connectivity index (χ1v) is 10.9. The van der Waals surface area contributed by atoms with Gasteiger partial charge in [-0.2, -0.15) is 5.10 Å². The lowest BCUT2D eigenvalue weighted by atomic mass is 10.1. The van der Waals surface area contributed by atoms with E-state index in [0.717, 1.165) is 44.0 Å². The van der Waals surface area contributed by atoms with Gasteiger partial charge >= 0.3 is 0 Å². The standard InChI is InChI=1S/C24H24N4O2S/c1-14-10-15(2)22(16(3)11-14)26-21(29)13-25-23(30)20-12-19-17(4)27-28(24(19)31-20)18-8-6-5-7-9-18/h5-12H,13H2,1-4H3,(H,25,30)(H,26,29). The van der Waals surface area contributed by atoms with E-state index in [1.54, 1.807) is 0 Å². The van der Waals surface area contributed by atoms with Gasteiger partial charge in [0, 0.05) is 11.1 Å². The summed E-state index contributed by atoms with van der Waals surface area (Å²) < 4.78 is 1.85. The van der Waals surface area contributed by atoms with Gasteiger partial charge in [0.1, 0.15) is 4.83 Å². The molecule has 0 spiro atoms. The molecule has 158 valence electrons. The number of para-hydroxylation sites is 1. The molecule has 0 radical (unpaired) electrons. The van der Waals surface area contributed by atoms with Crippen LogP contribution in [0.1, 0.15) is 32.1 Å². The summed E-state index contributed by atoms with van der Waals surface area (Å²) in [7, 11) is 0. The van der Waals surface area contributed by atoms with Crippen molar-refractivity contribution >= 4 is 39.1 Å². The predicted octanol–water partition coefficient (Wildman–Crippen LogP) is 4.69. The zero-order chi connectivity index (χ0) is 22.1. The smallest absolute Gasteiger partial charge is 0.261 e. The lowest BCUT2D eigenvalue weighted by Crippen LogP contribution is -2.32. The molecule has 7 heteroatoms. The Morgan fingerprint density at radius 3 is 2.35 bits per heavy atom. The number of rotatable bonds is 5. The van der Waals surface area contributed by atoms with Crippen LogP contribution in [0.2, 0.25) is 0 Å². The van der Waals surface area contributed by atoms with Crippen molar-refractivity contribution in [3.8, 4) is 5.69 Å². The number of aromatic nitrogens is 2. The second kappa shape index (κ2) is 8.35. The molecule has 0 saturated carbocycles. The lowest BCUT2D eigenvalue weighted by molar-refractivity contribution is -0.115. The van der Waals surface area contributed by atoms with Gasteiger partial charge < -0.3 is 10.6 Å². The maximum absolute atomic E-state index is 12.7. The highest BCUT2D eigenvalue weighted by molar-refractivity contribution is 7.20. The highest BCUT2D eigenvalue weighted by Crippen LogP contribution is 2.30. The molecule has 0 aliphatic carbocycles. The van der Waals surface area contributed by atoms with Gasteiger partial charge in [0.25, 0.3) is 5.91 Å². The summed E-state index contributed by atoms with van der Waals surface area (Å²) in [6.07, 6.45) is 0. The van der Waals surface area contributed by atoms with Crippen LogP contribution in [0.3, 0.4) is 0 Å². The van der Waals surface area contributed by atoms with Crippen molar-refractivity contribution in [2.75, 3.05) is 11.9 Å². The average Bonchev–Trinajstić information content (AvgIpc) is 3.30. The monoisotopic (exact) mass is 432 g/mol. The molecule has 2 N–H and O–H groups in total. The second-order valence-corrected chi connectivity index (χ2v) is 8.70. The summed E-state index contributed by atoms with van der Waals surface area (Å²) in [5.41, 5.74) is 5.75.